The van der Waals surface area contributed by atoms with Gasteiger partial charge < -0.3 is 4.74 Å². The number of carbonyl (C=O) groups is 2. The van der Waals surface area contributed by atoms with Crippen molar-refractivity contribution in [3.05, 3.63) is 21.9 Å². The summed E-state index contributed by atoms with van der Waals surface area (Å²) in [6, 6.07) is 3.70. The Labute approximate surface area is 111 Å². The Morgan fingerprint density at radius 3 is 2.61 bits per heavy atom. The van der Waals surface area contributed by atoms with Gasteiger partial charge in [-0.25, -0.2) is 0 Å². The van der Waals surface area contributed by atoms with Crippen LogP contribution in [0.3, 0.4) is 0 Å². The van der Waals surface area contributed by atoms with E-state index in [9.17, 15) is 9.59 Å². The van der Waals surface area contributed by atoms with Crippen molar-refractivity contribution in [2.45, 2.75) is 39.0 Å². The first-order chi connectivity index (χ1) is 8.55. The highest BCUT2D eigenvalue weighted by Gasteiger charge is 2.37. The summed E-state index contributed by atoms with van der Waals surface area (Å²) in [4.78, 5) is 25.3. The van der Waals surface area contributed by atoms with E-state index >= 15 is 0 Å². The van der Waals surface area contributed by atoms with Crippen molar-refractivity contribution in [3.8, 4) is 0 Å². The van der Waals surface area contributed by atoms with Gasteiger partial charge in [0, 0.05) is 10.3 Å². The third-order valence-corrected chi connectivity index (χ3v) is 4.77. The number of methoxy groups -OCH3 is 1. The fourth-order valence-corrected chi connectivity index (χ4v) is 3.57. The molecule has 1 aromatic rings. The first-order valence-corrected chi connectivity index (χ1v) is 7.07. The van der Waals surface area contributed by atoms with Crippen LogP contribution < -0.4 is 0 Å². The molecular weight excluding hydrogens is 248 g/mol. The molecule has 1 aliphatic rings. The normalized spacial score (nSPS) is 17.7. The number of carbonyl (C=O) groups excluding carboxylic acids is 2. The lowest BCUT2D eigenvalue weighted by Gasteiger charge is -2.20. The van der Waals surface area contributed by atoms with Gasteiger partial charge in [-0.3, -0.25) is 9.59 Å². The highest BCUT2D eigenvalue weighted by atomic mass is 32.1. The van der Waals surface area contributed by atoms with Gasteiger partial charge in [-0.1, -0.05) is 19.8 Å². The minimum atomic E-state index is -0.261. The number of ether oxygens (including phenoxy) is 1. The van der Waals surface area contributed by atoms with Crippen LogP contribution in [-0.2, 0) is 16.0 Å². The van der Waals surface area contributed by atoms with Crippen LogP contribution in [0.4, 0.5) is 0 Å². The van der Waals surface area contributed by atoms with Crippen molar-refractivity contribution >= 4 is 23.1 Å². The van der Waals surface area contributed by atoms with Crippen molar-refractivity contribution in [3.63, 3.8) is 0 Å². The molecule has 1 fully saturated rings. The maximum atomic E-state index is 12.4. The zero-order valence-electron chi connectivity index (χ0n) is 10.8. The van der Waals surface area contributed by atoms with Crippen LogP contribution >= 0.6 is 11.3 Å². The molecule has 0 atom stereocenters. The van der Waals surface area contributed by atoms with Gasteiger partial charge in [0.2, 0.25) is 0 Å². The van der Waals surface area contributed by atoms with E-state index in [1.807, 2.05) is 12.1 Å². The number of hydrogen-bond donors (Lipinski definition) is 0. The number of thiophene rings is 1. The first kappa shape index (κ1) is 13.3. The second-order valence-corrected chi connectivity index (χ2v) is 6.28. The topological polar surface area (TPSA) is 43.4 Å². The quantitative estimate of drug-likeness (QED) is 0.620. The summed E-state index contributed by atoms with van der Waals surface area (Å²) < 4.78 is 4.63. The minimum Gasteiger partial charge on any atom is -0.469 e. The molecular formula is C14H18O3S. The third kappa shape index (κ3) is 2.64. The Kier molecular flexibility index (Phi) is 3.85. The van der Waals surface area contributed by atoms with E-state index < -0.39 is 0 Å². The zero-order valence-corrected chi connectivity index (χ0v) is 11.6. The Hall–Kier alpha value is -1.16. The second kappa shape index (κ2) is 5.22. The van der Waals surface area contributed by atoms with E-state index in [-0.39, 0.29) is 23.6 Å². The fraction of sp³-hybridized carbons (Fsp3) is 0.571. The molecule has 1 aromatic heterocycles. The molecule has 0 aliphatic heterocycles. The third-order valence-electron chi connectivity index (χ3n) is 3.69. The van der Waals surface area contributed by atoms with Crippen molar-refractivity contribution in [1.29, 1.82) is 0 Å². The van der Waals surface area contributed by atoms with Crippen molar-refractivity contribution in [2.75, 3.05) is 7.11 Å². The Morgan fingerprint density at radius 1 is 1.33 bits per heavy atom. The number of esters is 1. The molecule has 0 bridgehead atoms. The summed E-state index contributed by atoms with van der Waals surface area (Å²) in [7, 11) is 1.38. The number of hydrogen-bond acceptors (Lipinski definition) is 4. The van der Waals surface area contributed by atoms with Crippen LogP contribution in [0.5, 0.6) is 0 Å². The van der Waals surface area contributed by atoms with Crippen molar-refractivity contribution < 1.29 is 14.3 Å². The van der Waals surface area contributed by atoms with Crippen LogP contribution in [0.2, 0.25) is 0 Å². The molecule has 3 nitrogen and oxygen atoms in total. The predicted octanol–water partition coefficient (Wildman–Crippen LogP) is 3.23. The average Bonchev–Trinajstić information content (AvgIpc) is 2.98. The lowest BCUT2D eigenvalue weighted by atomic mass is 9.83. The Bertz CT molecular complexity index is 455. The zero-order chi connectivity index (χ0) is 13.2. The van der Waals surface area contributed by atoms with Gasteiger partial charge in [0.25, 0.3) is 0 Å². The summed E-state index contributed by atoms with van der Waals surface area (Å²) in [5.41, 5.74) is -0.187. The van der Waals surface area contributed by atoms with E-state index in [4.69, 9.17) is 0 Å². The molecule has 4 heteroatoms. The Morgan fingerprint density at radius 2 is 2.00 bits per heavy atom. The predicted molar refractivity (Wildman–Crippen MR) is 70.9 cm³/mol. The maximum absolute atomic E-state index is 12.4. The molecule has 0 saturated heterocycles. The summed E-state index contributed by atoms with van der Waals surface area (Å²) in [5.74, 6) is -0.0240. The van der Waals surface area contributed by atoms with E-state index in [0.29, 0.717) is 0 Å². The molecule has 18 heavy (non-hydrogen) atoms. The highest BCUT2D eigenvalue weighted by Crippen LogP contribution is 2.41. The molecule has 0 radical (unpaired) electrons. The molecule has 0 spiro atoms. The van der Waals surface area contributed by atoms with Crippen LogP contribution in [-0.4, -0.2) is 18.9 Å². The summed E-state index contributed by atoms with van der Waals surface area (Å²) in [6.07, 6.45) is 4.50. The Balaban J connectivity index is 2.10. The molecule has 0 unspecified atom stereocenters. The summed E-state index contributed by atoms with van der Waals surface area (Å²) in [5, 5.41) is 0. The second-order valence-electron chi connectivity index (χ2n) is 5.12. The van der Waals surface area contributed by atoms with E-state index in [0.717, 1.165) is 35.4 Å². The van der Waals surface area contributed by atoms with Crippen molar-refractivity contribution in [1.82, 2.24) is 0 Å². The van der Waals surface area contributed by atoms with E-state index in [1.54, 1.807) is 0 Å². The van der Waals surface area contributed by atoms with Gasteiger partial charge in [0.1, 0.15) is 0 Å². The molecule has 98 valence electrons. The molecule has 0 amide bonds. The van der Waals surface area contributed by atoms with Gasteiger partial charge in [-0.15, -0.1) is 11.3 Å². The highest BCUT2D eigenvalue weighted by molar-refractivity contribution is 7.14. The number of rotatable bonds is 4. The number of ketones is 1. The lowest BCUT2D eigenvalue weighted by Crippen LogP contribution is -2.23. The number of Topliss-reactive ketones (excluding diaryl/α,β-unsaturated/α-hetero) is 1. The van der Waals surface area contributed by atoms with Gasteiger partial charge in [-0.05, 0) is 25.0 Å². The van der Waals surface area contributed by atoms with Gasteiger partial charge in [0.15, 0.2) is 5.78 Å². The van der Waals surface area contributed by atoms with Gasteiger partial charge >= 0.3 is 5.97 Å². The van der Waals surface area contributed by atoms with Crippen LogP contribution in [0.25, 0.3) is 0 Å². The fourth-order valence-electron chi connectivity index (χ4n) is 2.49. The monoisotopic (exact) mass is 266 g/mol. The summed E-state index contributed by atoms with van der Waals surface area (Å²) in [6.45, 7) is 2.06. The molecule has 2 rings (SSSR count). The SMILES string of the molecule is COC(=O)Cc1ccc(C(=O)C2(C)CCCC2)s1. The first-order valence-electron chi connectivity index (χ1n) is 6.25. The maximum Gasteiger partial charge on any atom is 0.310 e. The molecule has 0 N–H and O–H groups in total. The average molecular weight is 266 g/mol. The largest absolute Gasteiger partial charge is 0.469 e. The van der Waals surface area contributed by atoms with Crippen LogP contribution in [0.15, 0.2) is 12.1 Å². The molecule has 0 aromatic carbocycles. The molecule has 1 aliphatic carbocycles. The molecule has 1 heterocycles. The van der Waals surface area contributed by atoms with E-state index in [2.05, 4.69) is 11.7 Å². The summed E-state index contributed by atoms with van der Waals surface area (Å²) >= 11 is 1.42. The standard InChI is InChI=1S/C14H18O3S/c1-14(7-3-4-8-14)13(16)11-6-5-10(18-11)9-12(15)17-2/h5-6H,3-4,7-9H2,1-2H3. The smallest absolute Gasteiger partial charge is 0.310 e. The van der Waals surface area contributed by atoms with E-state index in [1.165, 1.54) is 18.4 Å². The molecule has 1 saturated carbocycles. The van der Waals surface area contributed by atoms with Gasteiger partial charge in [-0.2, -0.15) is 0 Å². The van der Waals surface area contributed by atoms with Gasteiger partial charge in [0.05, 0.1) is 18.4 Å². The minimum absolute atomic E-state index is 0.187. The van der Waals surface area contributed by atoms with Crippen LogP contribution in [0, 0.1) is 5.41 Å². The lowest BCUT2D eigenvalue weighted by molar-refractivity contribution is -0.139. The van der Waals surface area contributed by atoms with Crippen molar-refractivity contribution in [2.24, 2.45) is 5.41 Å². The van der Waals surface area contributed by atoms with Crippen LogP contribution in [0.1, 0.15) is 47.2 Å².